The van der Waals surface area contributed by atoms with Crippen molar-refractivity contribution in [3.63, 3.8) is 0 Å². The number of para-hydroxylation sites is 1. The molecule has 0 saturated heterocycles. The Hall–Kier alpha value is -2.98. The first-order valence-electron chi connectivity index (χ1n) is 8.29. The van der Waals surface area contributed by atoms with E-state index in [-0.39, 0.29) is 5.91 Å². The van der Waals surface area contributed by atoms with Gasteiger partial charge in [0, 0.05) is 23.9 Å². The maximum Gasteiger partial charge on any atom is 0.224 e. The van der Waals surface area contributed by atoms with Gasteiger partial charge in [0.05, 0.1) is 23.3 Å². The van der Waals surface area contributed by atoms with Crippen LogP contribution in [-0.2, 0) is 11.3 Å². The largest absolute Gasteiger partial charge is 0.306 e. The fraction of sp³-hybridized carbons (Fsp3) is 0.0952. The summed E-state index contributed by atoms with van der Waals surface area (Å²) in [5.74, 6) is -0.0395. The van der Waals surface area contributed by atoms with Crippen molar-refractivity contribution in [2.24, 2.45) is 0 Å². The molecule has 0 saturated carbocycles. The second kappa shape index (κ2) is 6.73. The number of carbonyl (C=O) groups is 1. The second-order valence-electron chi connectivity index (χ2n) is 6.12. The van der Waals surface area contributed by atoms with Crippen LogP contribution in [0.2, 0.25) is 5.15 Å². The van der Waals surface area contributed by atoms with E-state index < -0.39 is 0 Å². The molecule has 0 unspecified atom stereocenters. The summed E-state index contributed by atoms with van der Waals surface area (Å²) in [6, 6.07) is 19.4. The number of benzene rings is 2. The predicted octanol–water partition coefficient (Wildman–Crippen LogP) is 4.99. The minimum Gasteiger partial charge on any atom is -0.306 e. The molecule has 4 nitrogen and oxygen atoms in total. The summed E-state index contributed by atoms with van der Waals surface area (Å²) in [6.45, 7) is 2.01. The molecular formula is C21H16ClN3O. The van der Waals surface area contributed by atoms with E-state index >= 15 is 0 Å². The molecule has 0 bridgehead atoms. The molecule has 0 spiro atoms. The molecule has 2 aromatic carbocycles. The number of carbonyl (C=O) groups excluding carboxylic acids is 1. The van der Waals surface area contributed by atoms with Gasteiger partial charge in [-0.05, 0) is 35.9 Å². The minimum absolute atomic E-state index is 0.0395. The molecule has 5 heteroatoms. The molecule has 0 atom stereocenters. The van der Waals surface area contributed by atoms with Gasteiger partial charge in [-0.2, -0.15) is 0 Å². The van der Waals surface area contributed by atoms with Crippen molar-refractivity contribution in [1.82, 2.24) is 9.97 Å². The molecule has 4 aromatic rings. The lowest BCUT2D eigenvalue weighted by atomic mass is 10.1. The van der Waals surface area contributed by atoms with Crippen molar-refractivity contribution < 1.29 is 4.79 Å². The van der Waals surface area contributed by atoms with Crippen molar-refractivity contribution >= 4 is 45.0 Å². The number of fused-ring (bicyclic) bond motifs is 2. The number of hydrogen-bond acceptors (Lipinski definition) is 3. The van der Waals surface area contributed by atoms with Gasteiger partial charge in [-0.15, -0.1) is 0 Å². The first kappa shape index (κ1) is 16.5. The lowest BCUT2D eigenvalue weighted by Gasteiger charge is -2.22. The fourth-order valence-corrected chi connectivity index (χ4v) is 3.24. The van der Waals surface area contributed by atoms with E-state index in [1.165, 1.54) is 0 Å². The van der Waals surface area contributed by atoms with E-state index in [0.717, 1.165) is 33.1 Å². The number of aromatic nitrogens is 2. The van der Waals surface area contributed by atoms with E-state index in [1.807, 2.05) is 54.6 Å². The third-order valence-corrected chi connectivity index (χ3v) is 4.56. The maximum atomic E-state index is 12.4. The highest BCUT2D eigenvalue weighted by Gasteiger charge is 2.16. The quantitative estimate of drug-likeness (QED) is 0.483. The molecule has 0 N–H and O–H groups in total. The van der Waals surface area contributed by atoms with Crippen LogP contribution in [0.25, 0.3) is 21.8 Å². The summed E-state index contributed by atoms with van der Waals surface area (Å²) in [5.41, 5.74) is 3.41. The number of hydrogen-bond donors (Lipinski definition) is 0. The van der Waals surface area contributed by atoms with Crippen molar-refractivity contribution in [2.75, 3.05) is 4.90 Å². The molecule has 0 aliphatic carbocycles. The lowest BCUT2D eigenvalue weighted by molar-refractivity contribution is -0.116. The summed E-state index contributed by atoms with van der Waals surface area (Å²) in [5, 5.41) is 2.47. The minimum atomic E-state index is -0.0395. The first-order valence-corrected chi connectivity index (χ1v) is 8.67. The van der Waals surface area contributed by atoms with Gasteiger partial charge in [0.2, 0.25) is 5.91 Å². The Morgan fingerprint density at radius 3 is 2.69 bits per heavy atom. The Balaban J connectivity index is 1.77. The first-order chi connectivity index (χ1) is 12.6. The van der Waals surface area contributed by atoms with Gasteiger partial charge >= 0.3 is 0 Å². The van der Waals surface area contributed by atoms with Crippen LogP contribution in [-0.4, -0.2) is 15.9 Å². The smallest absolute Gasteiger partial charge is 0.224 e. The highest BCUT2D eigenvalue weighted by molar-refractivity contribution is 6.29. The molecule has 0 aliphatic rings. The van der Waals surface area contributed by atoms with Crippen LogP contribution in [0.3, 0.4) is 0 Å². The third kappa shape index (κ3) is 3.11. The molecule has 0 aliphatic heterocycles. The Bertz CT molecular complexity index is 1120. The van der Waals surface area contributed by atoms with Gasteiger partial charge in [0.15, 0.2) is 0 Å². The maximum absolute atomic E-state index is 12.4. The summed E-state index contributed by atoms with van der Waals surface area (Å²) >= 11 is 6.00. The SMILES string of the molecule is CC(=O)N(Cc1ccc2ccc(Cl)nc2c1)c1cccc2cccnc12. The van der Waals surface area contributed by atoms with E-state index in [0.29, 0.717) is 11.7 Å². The normalized spacial score (nSPS) is 11.0. The molecular weight excluding hydrogens is 346 g/mol. The van der Waals surface area contributed by atoms with Crippen LogP contribution in [0.15, 0.2) is 66.9 Å². The summed E-state index contributed by atoms with van der Waals surface area (Å²) in [7, 11) is 0. The summed E-state index contributed by atoms with van der Waals surface area (Å²) in [6.07, 6.45) is 1.74. The van der Waals surface area contributed by atoms with Gasteiger partial charge < -0.3 is 4.90 Å². The number of anilines is 1. The number of halogens is 1. The lowest BCUT2D eigenvalue weighted by Crippen LogP contribution is -2.28. The Morgan fingerprint density at radius 2 is 1.85 bits per heavy atom. The number of pyridine rings is 2. The Kier molecular flexibility index (Phi) is 4.27. The van der Waals surface area contributed by atoms with E-state index in [9.17, 15) is 4.79 Å². The van der Waals surface area contributed by atoms with Gasteiger partial charge in [0.25, 0.3) is 0 Å². The van der Waals surface area contributed by atoms with E-state index in [4.69, 9.17) is 11.6 Å². The predicted molar refractivity (Wildman–Crippen MR) is 105 cm³/mol. The van der Waals surface area contributed by atoms with Crippen molar-refractivity contribution in [3.8, 4) is 0 Å². The van der Waals surface area contributed by atoms with Crippen LogP contribution in [0.4, 0.5) is 5.69 Å². The fourth-order valence-electron chi connectivity index (χ4n) is 3.09. The van der Waals surface area contributed by atoms with E-state index in [2.05, 4.69) is 9.97 Å². The Labute approximate surface area is 156 Å². The second-order valence-corrected chi connectivity index (χ2v) is 6.51. The van der Waals surface area contributed by atoms with Crippen molar-refractivity contribution in [1.29, 1.82) is 0 Å². The highest BCUT2D eigenvalue weighted by Crippen LogP contribution is 2.27. The number of amides is 1. The third-order valence-electron chi connectivity index (χ3n) is 4.35. The molecule has 128 valence electrons. The van der Waals surface area contributed by atoms with Crippen LogP contribution >= 0.6 is 11.6 Å². The molecule has 2 aromatic heterocycles. The number of rotatable bonds is 3. The monoisotopic (exact) mass is 361 g/mol. The average Bonchev–Trinajstić information content (AvgIpc) is 2.65. The molecule has 2 heterocycles. The van der Waals surface area contributed by atoms with Crippen LogP contribution in [0.1, 0.15) is 12.5 Å². The average molecular weight is 362 g/mol. The van der Waals surface area contributed by atoms with Gasteiger partial charge in [0.1, 0.15) is 5.15 Å². The summed E-state index contributed by atoms with van der Waals surface area (Å²) in [4.78, 5) is 22.9. The highest BCUT2D eigenvalue weighted by atomic mass is 35.5. The molecule has 26 heavy (non-hydrogen) atoms. The topological polar surface area (TPSA) is 46.1 Å². The molecule has 1 amide bonds. The Morgan fingerprint density at radius 1 is 1.04 bits per heavy atom. The van der Waals surface area contributed by atoms with Gasteiger partial charge in [-0.3, -0.25) is 9.78 Å². The standard InChI is InChI=1S/C21H16ClN3O/c1-14(26)25(19-6-2-4-17-5-3-11-23-21(17)19)13-15-7-8-16-9-10-20(22)24-18(16)12-15/h2-12H,13H2,1H3. The van der Waals surface area contributed by atoms with Crippen LogP contribution in [0, 0.1) is 0 Å². The van der Waals surface area contributed by atoms with Gasteiger partial charge in [-0.1, -0.05) is 41.9 Å². The van der Waals surface area contributed by atoms with Crippen LogP contribution in [0.5, 0.6) is 0 Å². The molecule has 4 rings (SSSR count). The zero-order valence-corrected chi connectivity index (χ0v) is 14.9. The van der Waals surface area contributed by atoms with Crippen molar-refractivity contribution in [2.45, 2.75) is 13.5 Å². The van der Waals surface area contributed by atoms with Gasteiger partial charge in [-0.25, -0.2) is 4.98 Å². The zero-order chi connectivity index (χ0) is 18.1. The molecule has 0 radical (unpaired) electrons. The van der Waals surface area contributed by atoms with E-state index in [1.54, 1.807) is 24.1 Å². The van der Waals surface area contributed by atoms with Crippen LogP contribution < -0.4 is 4.90 Å². The molecule has 0 fully saturated rings. The number of nitrogens with zero attached hydrogens (tertiary/aromatic N) is 3. The summed E-state index contributed by atoms with van der Waals surface area (Å²) < 4.78 is 0. The van der Waals surface area contributed by atoms with Crippen molar-refractivity contribution in [3.05, 3.63) is 77.6 Å². The zero-order valence-electron chi connectivity index (χ0n) is 14.2.